The molecule has 0 radical (unpaired) electrons. The van der Waals surface area contributed by atoms with Crippen molar-refractivity contribution in [1.82, 2.24) is 4.98 Å². The summed E-state index contributed by atoms with van der Waals surface area (Å²) >= 11 is 0. The number of halogens is 3. The quantitative estimate of drug-likeness (QED) is 0.795. The third-order valence-electron chi connectivity index (χ3n) is 2.63. The molecule has 112 valence electrons. The van der Waals surface area contributed by atoms with Crippen molar-refractivity contribution in [2.24, 2.45) is 0 Å². The molecular weight excluding hydrogens is 287 g/mol. The van der Waals surface area contributed by atoms with Crippen LogP contribution in [0, 0.1) is 0 Å². The minimum absolute atomic E-state index is 0.0685. The second-order valence-electron chi connectivity index (χ2n) is 4.62. The third-order valence-corrected chi connectivity index (χ3v) is 2.63. The first-order valence-electron chi connectivity index (χ1n) is 6.12. The van der Waals surface area contributed by atoms with Gasteiger partial charge in [-0.2, -0.15) is 0 Å². The number of benzene rings is 1. The Morgan fingerprint density at radius 3 is 2.57 bits per heavy atom. The lowest BCUT2D eigenvalue weighted by molar-refractivity contribution is -0.274. The van der Waals surface area contributed by atoms with Crippen LogP contribution in [0.2, 0.25) is 0 Å². The first-order valence-corrected chi connectivity index (χ1v) is 6.12. The van der Waals surface area contributed by atoms with Crippen molar-refractivity contribution in [3.63, 3.8) is 0 Å². The summed E-state index contributed by atoms with van der Waals surface area (Å²) in [4.78, 5) is 14.9. The van der Waals surface area contributed by atoms with Gasteiger partial charge in [-0.25, -0.2) is 4.98 Å². The van der Waals surface area contributed by atoms with Gasteiger partial charge in [-0.3, -0.25) is 4.79 Å². The second kappa shape index (κ2) is 5.59. The lowest BCUT2D eigenvalue weighted by atomic mass is 10.1. The average molecular weight is 299 g/mol. The number of nitrogens with zero attached hydrogens (tertiary/aromatic N) is 1. The maximum Gasteiger partial charge on any atom is 0.573 e. The van der Waals surface area contributed by atoms with E-state index in [4.69, 9.17) is 4.42 Å². The predicted molar refractivity (Wildman–Crippen MR) is 68.1 cm³/mol. The summed E-state index contributed by atoms with van der Waals surface area (Å²) in [5.74, 6) is 0.0218. The molecule has 0 amide bonds. The van der Waals surface area contributed by atoms with Crippen LogP contribution < -0.4 is 4.74 Å². The van der Waals surface area contributed by atoms with Crippen molar-refractivity contribution in [3.8, 4) is 17.2 Å². The molecule has 0 aliphatic carbocycles. The van der Waals surface area contributed by atoms with Gasteiger partial charge < -0.3 is 9.15 Å². The molecule has 2 rings (SSSR count). The van der Waals surface area contributed by atoms with E-state index in [2.05, 4.69) is 9.72 Å². The summed E-state index contributed by atoms with van der Waals surface area (Å²) < 4.78 is 45.9. The topological polar surface area (TPSA) is 52.3 Å². The summed E-state index contributed by atoms with van der Waals surface area (Å²) in [6.07, 6.45) is -4.22. The van der Waals surface area contributed by atoms with E-state index < -0.39 is 6.36 Å². The fourth-order valence-electron chi connectivity index (χ4n) is 1.79. The summed E-state index contributed by atoms with van der Waals surface area (Å²) in [5.41, 5.74) is 0.439. The monoisotopic (exact) mass is 299 g/mol. The third kappa shape index (κ3) is 3.62. The fourth-order valence-corrected chi connectivity index (χ4v) is 1.79. The lowest BCUT2D eigenvalue weighted by Crippen LogP contribution is -2.17. The van der Waals surface area contributed by atoms with Crippen LogP contribution >= 0.6 is 0 Å². The first-order chi connectivity index (χ1) is 9.80. The summed E-state index contributed by atoms with van der Waals surface area (Å²) in [6, 6.07) is 5.23. The number of ether oxygens (including phenoxy) is 1. The molecule has 0 N–H and O–H groups in total. The van der Waals surface area contributed by atoms with Crippen molar-refractivity contribution < 1.29 is 27.1 Å². The molecule has 0 aliphatic rings. The Bertz CT molecular complexity index is 647. The molecule has 1 aromatic heterocycles. The highest BCUT2D eigenvalue weighted by atomic mass is 19.4. The highest BCUT2D eigenvalue weighted by molar-refractivity contribution is 5.75. The number of aromatic nitrogens is 1. The van der Waals surface area contributed by atoms with Crippen LogP contribution in [0.1, 0.15) is 36.0 Å². The van der Waals surface area contributed by atoms with E-state index in [1.165, 1.54) is 18.2 Å². The van der Waals surface area contributed by atoms with E-state index in [1.54, 1.807) is 0 Å². The molecular formula is C14H12F3NO3. The van der Waals surface area contributed by atoms with Gasteiger partial charge in [0.2, 0.25) is 5.89 Å². The van der Waals surface area contributed by atoms with Crippen LogP contribution in [-0.2, 0) is 0 Å². The van der Waals surface area contributed by atoms with Crippen LogP contribution in [0.4, 0.5) is 13.2 Å². The molecule has 21 heavy (non-hydrogen) atoms. The van der Waals surface area contributed by atoms with Gasteiger partial charge in [0.15, 0.2) is 6.29 Å². The van der Waals surface area contributed by atoms with Gasteiger partial charge in [0.25, 0.3) is 0 Å². The normalized spacial score (nSPS) is 11.7. The molecule has 0 unspecified atom stereocenters. The molecule has 7 heteroatoms. The van der Waals surface area contributed by atoms with Crippen molar-refractivity contribution in [2.45, 2.75) is 26.1 Å². The van der Waals surface area contributed by atoms with Crippen LogP contribution in [0.5, 0.6) is 5.75 Å². The zero-order chi connectivity index (χ0) is 15.6. The van der Waals surface area contributed by atoms with E-state index in [9.17, 15) is 18.0 Å². The molecule has 2 aromatic rings. The minimum atomic E-state index is -4.77. The SMILES string of the molecule is CC(C)c1oc(-c2cccc(OC(F)(F)F)c2)nc1C=O. The first kappa shape index (κ1) is 15.1. The number of rotatable bonds is 4. The molecule has 4 nitrogen and oxygen atoms in total. The largest absolute Gasteiger partial charge is 0.573 e. The average Bonchev–Trinajstić information content (AvgIpc) is 2.81. The highest BCUT2D eigenvalue weighted by Gasteiger charge is 2.31. The summed E-state index contributed by atoms with van der Waals surface area (Å²) in [7, 11) is 0. The standard InChI is InChI=1S/C14H12F3NO3/c1-8(2)12-11(7-19)18-13(20-12)9-4-3-5-10(6-9)21-14(15,16)17/h3-8H,1-2H3. The van der Waals surface area contributed by atoms with Gasteiger partial charge in [0.1, 0.15) is 17.2 Å². The number of carbonyl (C=O) groups is 1. The smallest absolute Gasteiger partial charge is 0.440 e. The molecule has 1 aromatic carbocycles. The number of hydrogen-bond donors (Lipinski definition) is 0. The Kier molecular flexibility index (Phi) is 4.02. The summed E-state index contributed by atoms with van der Waals surface area (Å²) in [5, 5.41) is 0. The number of hydrogen-bond acceptors (Lipinski definition) is 4. The minimum Gasteiger partial charge on any atom is -0.440 e. The number of carbonyl (C=O) groups excluding carboxylic acids is 1. The van der Waals surface area contributed by atoms with Gasteiger partial charge in [-0.05, 0) is 18.2 Å². The molecule has 0 spiro atoms. The van der Waals surface area contributed by atoms with Gasteiger partial charge in [-0.1, -0.05) is 19.9 Å². The van der Waals surface area contributed by atoms with Gasteiger partial charge in [-0.15, -0.1) is 13.2 Å². The Balaban J connectivity index is 2.38. The van der Waals surface area contributed by atoms with Crippen LogP contribution in [0.15, 0.2) is 28.7 Å². The Morgan fingerprint density at radius 2 is 2.05 bits per heavy atom. The highest BCUT2D eigenvalue weighted by Crippen LogP contribution is 2.30. The van der Waals surface area contributed by atoms with E-state index >= 15 is 0 Å². The molecule has 0 saturated carbocycles. The van der Waals surface area contributed by atoms with Gasteiger partial charge >= 0.3 is 6.36 Å². The number of aldehydes is 1. The van der Waals surface area contributed by atoms with Crippen LogP contribution in [-0.4, -0.2) is 17.6 Å². The molecule has 0 bridgehead atoms. The van der Waals surface area contributed by atoms with E-state index in [0.717, 1.165) is 6.07 Å². The maximum atomic E-state index is 12.2. The van der Waals surface area contributed by atoms with Crippen molar-refractivity contribution in [2.75, 3.05) is 0 Å². The van der Waals surface area contributed by atoms with E-state index in [0.29, 0.717) is 17.6 Å². The molecule has 0 saturated heterocycles. The zero-order valence-corrected chi connectivity index (χ0v) is 11.3. The van der Waals surface area contributed by atoms with Crippen LogP contribution in [0.3, 0.4) is 0 Å². The molecule has 0 atom stereocenters. The molecule has 0 aliphatic heterocycles. The lowest BCUT2D eigenvalue weighted by Gasteiger charge is -2.08. The van der Waals surface area contributed by atoms with Crippen molar-refractivity contribution >= 4 is 6.29 Å². The van der Waals surface area contributed by atoms with E-state index in [1.807, 2.05) is 13.8 Å². The zero-order valence-electron chi connectivity index (χ0n) is 11.3. The number of alkyl halides is 3. The van der Waals surface area contributed by atoms with Crippen molar-refractivity contribution in [1.29, 1.82) is 0 Å². The Morgan fingerprint density at radius 1 is 1.33 bits per heavy atom. The number of oxazole rings is 1. The van der Waals surface area contributed by atoms with E-state index in [-0.39, 0.29) is 23.3 Å². The second-order valence-corrected chi connectivity index (χ2v) is 4.62. The van der Waals surface area contributed by atoms with Gasteiger partial charge in [0, 0.05) is 11.5 Å². The Labute approximate surface area is 118 Å². The Hall–Kier alpha value is -2.31. The maximum absolute atomic E-state index is 12.2. The molecule has 1 heterocycles. The fraction of sp³-hybridized carbons (Fsp3) is 0.286. The van der Waals surface area contributed by atoms with Crippen molar-refractivity contribution in [3.05, 3.63) is 35.7 Å². The van der Waals surface area contributed by atoms with Crippen LogP contribution in [0.25, 0.3) is 11.5 Å². The molecule has 0 fully saturated rings. The summed E-state index contributed by atoms with van der Waals surface area (Å²) in [6.45, 7) is 3.64. The predicted octanol–water partition coefficient (Wildman–Crippen LogP) is 4.18. The van der Waals surface area contributed by atoms with Gasteiger partial charge in [0.05, 0.1) is 0 Å².